The second-order valence-corrected chi connectivity index (χ2v) is 6.36. The number of hydrogen-bond acceptors (Lipinski definition) is 4. The Bertz CT molecular complexity index is 733. The average molecular weight is 389 g/mol. The Hall–Kier alpha value is -1.77. The molecule has 0 saturated heterocycles. The van der Waals surface area contributed by atoms with Gasteiger partial charge in [0.15, 0.2) is 5.76 Å². The lowest BCUT2D eigenvalue weighted by molar-refractivity contribution is -0.117. The van der Waals surface area contributed by atoms with E-state index in [1.807, 2.05) is 0 Å². The molecule has 2 heterocycles. The van der Waals surface area contributed by atoms with Gasteiger partial charge in [-0.3, -0.25) is 9.48 Å². The number of halogens is 3. The molecular weight excluding hydrogens is 374 g/mol. The van der Waals surface area contributed by atoms with E-state index in [-0.39, 0.29) is 24.1 Å². The molecule has 1 N–H and O–H groups in total. The number of amides is 1. The van der Waals surface area contributed by atoms with Crippen molar-refractivity contribution >= 4 is 27.5 Å². The summed E-state index contributed by atoms with van der Waals surface area (Å²) in [5, 5.41) is 10.4. The van der Waals surface area contributed by atoms with E-state index in [0.717, 1.165) is 12.8 Å². The van der Waals surface area contributed by atoms with Crippen LogP contribution in [0.15, 0.2) is 9.00 Å². The summed E-state index contributed by atoms with van der Waals surface area (Å²) in [5.74, 6) is 0.307. The van der Waals surface area contributed by atoms with E-state index in [4.69, 9.17) is 4.52 Å². The maximum Gasteiger partial charge on any atom is 0.283 e. The topological polar surface area (TPSA) is 73.0 Å². The van der Waals surface area contributed by atoms with Crippen LogP contribution in [0.5, 0.6) is 0 Å². The molecule has 0 aromatic carbocycles. The van der Waals surface area contributed by atoms with Gasteiger partial charge in [-0.25, -0.2) is 8.78 Å². The van der Waals surface area contributed by atoms with Crippen LogP contribution in [0, 0.1) is 13.8 Å². The fraction of sp³-hybridized carbons (Fsp3) is 0.500. The summed E-state index contributed by atoms with van der Waals surface area (Å²) in [5.41, 5.74) is 1.41. The van der Waals surface area contributed by atoms with E-state index >= 15 is 0 Å². The van der Waals surface area contributed by atoms with Crippen molar-refractivity contribution in [1.82, 2.24) is 14.9 Å². The highest BCUT2D eigenvalue weighted by molar-refractivity contribution is 9.10. The zero-order valence-corrected chi connectivity index (χ0v) is 14.2. The standard InChI is InChI=1S/C14H15BrF2N4O2/c1-6-11(7(2)23-20-6)18-9(22)5-21-13(8-3-4-8)10(15)12(19-21)14(16)17/h8,14H,3-5H2,1-2H3,(H,18,22). The monoisotopic (exact) mass is 388 g/mol. The second-order valence-electron chi connectivity index (χ2n) is 5.56. The van der Waals surface area contributed by atoms with Crippen molar-refractivity contribution in [2.45, 2.75) is 45.6 Å². The lowest BCUT2D eigenvalue weighted by Crippen LogP contribution is -2.21. The van der Waals surface area contributed by atoms with E-state index in [1.54, 1.807) is 13.8 Å². The molecule has 6 nitrogen and oxygen atoms in total. The van der Waals surface area contributed by atoms with Crippen LogP contribution < -0.4 is 5.32 Å². The maximum atomic E-state index is 13.0. The maximum absolute atomic E-state index is 13.0. The fourth-order valence-corrected chi connectivity index (χ4v) is 3.24. The van der Waals surface area contributed by atoms with Crippen LogP contribution in [0.25, 0.3) is 0 Å². The highest BCUT2D eigenvalue weighted by atomic mass is 79.9. The summed E-state index contributed by atoms with van der Waals surface area (Å²) in [6.45, 7) is 3.26. The molecule has 2 aromatic rings. The Morgan fingerprint density at radius 3 is 2.70 bits per heavy atom. The summed E-state index contributed by atoms with van der Waals surface area (Å²) < 4.78 is 32.7. The van der Waals surface area contributed by atoms with Gasteiger partial charge in [0.2, 0.25) is 5.91 Å². The first-order valence-electron chi connectivity index (χ1n) is 7.15. The molecule has 1 aliphatic carbocycles. The summed E-state index contributed by atoms with van der Waals surface area (Å²) in [6, 6.07) is 0. The molecule has 0 aliphatic heterocycles. The number of carbonyl (C=O) groups excluding carboxylic acids is 1. The molecule has 0 radical (unpaired) electrons. The minimum atomic E-state index is -2.69. The number of alkyl halides is 2. The van der Waals surface area contributed by atoms with Crippen LogP contribution in [-0.4, -0.2) is 20.8 Å². The zero-order valence-electron chi connectivity index (χ0n) is 12.6. The number of anilines is 1. The highest BCUT2D eigenvalue weighted by Gasteiger charge is 2.34. The number of aryl methyl sites for hydroxylation is 2. The Morgan fingerprint density at radius 2 is 2.17 bits per heavy atom. The van der Waals surface area contributed by atoms with Crippen LogP contribution in [-0.2, 0) is 11.3 Å². The van der Waals surface area contributed by atoms with Gasteiger partial charge in [-0.05, 0) is 42.6 Å². The predicted molar refractivity (Wildman–Crippen MR) is 81.5 cm³/mol. The molecule has 124 valence electrons. The van der Waals surface area contributed by atoms with Gasteiger partial charge >= 0.3 is 0 Å². The van der Waals surface area contributed by atoms with Gasteiger partial charge in [0.1, 0.15) is 23.6 Å². The molecule has 0 spiro atoms. The van der Waals surface area contributed by atoms with E-state index in [9.17, 15) is 13.6 Å². The largest absolute Gasteiger partial charge is 0.359 e. The number of nitrogens with one attached hydrogen (secondary N) is 1. The van der Waals surface area contributed by atoms with E-state index in [0.29, 0.717) is 27.3 Å². The molecule has 0 unspecified atom stereocenters. The van der Waals surface area contributed by atoms with Crippen LogP contribution in [0.2, 0.25) is 0 Å². The number of hydrogen-bond donors (Lipinski definition) is 1. The quantitative estimate of drug-likeness (QED) is 0.847. The number of nitrogens with zero attached hydrogens (tertiary/aromatic N) is 3. The summed E-state index contributed by atoms with van der Waals surface area (Å²) in [4.78, 5) is 12.2. The van der Waals surface area contributed by atoms with Gasteiger partial charge in [0, 0.05) is 5.92 Å². The first kappa shape index (κ1) is 16.1. The van der Waals surface area contributed by atoms with E-state index < -0.39 is 6.43 Å². The molecule has 3 rings (SSSR count). The Morgan fingerprint density at radius 1 is 1.48 bits per heavy atom. The number of carbonyl (C=O) groups is 1. The van der Waals surface area contributed by atoms with Crippen molar-refractivity contribution in [3.8, 4) is 0 Å². The van der Waals surface area contributed by atoms with Crippen molar-refractivity contribution < 1.29 is 18.1 Å². The molecule has 0 bridgehead atoms. The summed E-state index contributed by atoms with van der Waals surface area (Å²) in [7, 11) is 0. The first-order valence-corrected chi connectivity index (χ1v) is 7.94. The van der Waals surface area contributed by atoms with Crippen LogP contribution in [0.1, 0.15) is 48.0 Å². The molecule has 23 heavy (non-hydrogen) atoms. The molecule has 1 aliphatic rings. The molecule has 9 heteroatoms. The molecule has 1 amide bonds. The molecule has 1 saturated carbocycles. The first-order chi connectivity index (χ1) is 10.9. The Balaban J connectivity index is 1.82. The van der Waals surface area contributed by atoms with Crippen molar-refractivity contribution in [2.24, 2.45) is 0 Å². The second kappa shape index (κ2) is 6.03. The molecule has 1 fully saturated rings. The lowest BCUT2D eigenvalue weighted by atomic mass is 10.2. The van der Waals surface area contributed by atoms with Crippen molar-refractivity contribution in [3.63, 3.8) is 0 Å². The predicted octanol–water partition coefficient (Wildman–Crippen LogP) is 3.70. The number of rotatable bonds is 5. The smallest absolute Gasteiger partial charge is 0.283 e. The van der Waals surface area contributed by atoms with E-state index in [1.165, 1.54) is 4.68 Å². The molecular formula is C14H15BrF2N4O2. The van der Waals surface area contributed by atoms with E-state index in [2.05, 4.69) is 31.5 Å². The van der Waals surface area contributed by atoms with Gasteiger partial charge in [0.05, 0.1) is 10.2 Å². The van der Waals surface area contributed by atoms with Crippen LogP contribution in [0.3, 0.4) is 0 Å². The van der Waals surface area contributed by atoms with Crippen LogP contribution >= 0.6 is 15.9 Å². The lowest BCUT2D eigenvalue weighted by Gasteiger charge is -2.08. The zero-order chi connectivity index (χ0) is 16.7. The molecule has 2 aromatic heterocycles. The Labute approximate surface area is 139 Å². The third kappa shape index (κ3) is 3.15. The minimum absolute atomic E-state index is 0.138. The van der Waals surface area contributed by atoms with Crippen LogP contribution in [0.4, 0.5) is 14.5 Å². The highest BCUT2D eigenvalue weighted by Crippen LogP contribution is 2.45. The van der Waals surface area contributed by atoms with Gasteiger partial charge in [-0.15, -0.1) is 0 Å². The average Bonchev–Trinajstić information content (AvgIpc) is 3.20. The fourth-order valence-electron chi connectivity index (χ4n) is 2.46. The van der Waals surface area contributed by atoms with Gasteiger partial charge in [0.25, 0.3) is 6.43 Å². The molecule has 0 atom stereocenters. The van der Waals surface area contributed by atoms with Crippen molar-refractivity contribution in [2.75, 3.05) is 5.32 Å². The number of aromatic nitrogens is 3. The van der Waals surface area contributed by atoms with Gasteiger partial charge in [-0.1, -0.05) is 5.16 Å². The summed E-state index contributed by atoms with van der Waals surface area (Å²) in [6.07, 6.45) is -0.856. The minimum Gasteiger partial charge on any atom is -0.359 e. The van der Waals surface area contributed by atoms with Crippen molar-refractivity contribution in [3.05, 3.63) is 27.3 Å². The third-order valence-corrected chi connectivity index (χ3v) is 4.53. The van der Waals surface area contributed by atoms with Gasteiger partial charge in [-0.2, -0.15) is 5.10 Å². The third-order valence-electron chi connectivity index (χ3n) is 3.72. The SMILES string of the molecule is Cc1noc(C)c1NC(=O)Cn1nc(C(F)F)c(Br)c1C1CC1. The van der Waals surface area contributed by atoms with Crippen molar-refractivity contribution in [1.29, 1.82) is 0 Å². The Kier molecular flexibility index (Phi) is 4.22. The van der Waals surface area contributed by atoms with Gasteiger partial charge < -0.3 is 9.84 Å². The normalized spacial score (nSPS) is 14.5. The summed E-state index contributed by atoms with van der Waals surface area (Å²) >= 11 is 3.20.